The van der Waals surface area contributed by atoms with Crippen LogP contribution in [0.15, 0.2) is 18.3 Å². The lowest BCUT2D eigenvalue weighted by Crippen LogP contribution is -2.62. The van der Waals surface area contributed by atoms with Crippen LogP contribution in [-0.2, 0) is 0 Å². The van der Waals surface area contributed by atoms with E-state index in [9.17, 15) is 20.3 Å². The molecule has 0 bridgehead atoms. The van der Waals surface area contributed by atoms with Crippen LogP contribution in [0.4, 0.5) is 17.5 Å². The van der Waals surface area contributed by atoms with E-state index in [0.717, 1.165) is 0 Å². The van der Waals surface area contributed by atoms with E-state index in [-0.39, 0.29) is 50.8 Å². The summed E-state index contributed by atoms with van der Waals surface area (Å²) >= 11 is 0. The van der Waals surface area contributed by atoms with Crippen LogP contribution >= 0.6 is 0 Å². The molecule has 0 spiro atoms. The fourth-order valence-electron chi connectivity index (χ4n) is 4.41. The highest BCUT2D eigenvalue weighted by molar-refractivity contribution is 6.00. The molecule has 188 valence electrons. The summed E-state index contributed by atoms with van der Waals surface area (Å²) in [5, 5.41) is 35.6. The van der Waals surface area contributed by atoms with E-state index in [1.807, 2.05) is 13.8 Å². The molecule has 3 aromatic rings. The maximum atomic E-state index is 13.2. The molecule has 2 aromatic heterocycles. The van der Waals surface area contributed by atoms with Gasteiger partial charge in [-0.1, -0.05) is 0 Å². The van der Waals surface area contributed by atoms with Gasteiger partial charge in [-0.05, 0) is 26.0 Å². The number of carbonyl (C=O) groups excluding carboxylic acids is 1. The Morgan fingerprint density at radius 1 is 1.22 bits per heavy atom. The van der Waals surface area contributed by atoms with E-state index in [1.165, 1.54) is 0 Å². The maximum absolute atomic E-state index is 13.2. The van der Waals surface area contributed by atoms with Crippen LogP contribution in [-0.4, -0.2) is 81.5 Å². The van der Waals surface area contributed by atoms with Crippen molar-refractivity contribution in [2.45, 2.75) is 19.9 Å². The van der Waals surface area contributed by atoms with Crippen LogP contribution in [0.1, 0.15) is 29.8 Å². The summed E-state index contributed by atoms with van der Waals surface area (Å²) in [4.78, 5) is 26.8. The number of rotatable bonds is 7. The molecule has 0 unspecified atom stereocenters. The second-order valence-electron chi connectivity index (χ2n) is 9.35. The maximum Gasteiger partial charge on any atom is 0.257 e. The molecule has 1 saturated heterocycles. The number of anilines is 3. The lowest BCUT2D eigenvalue weighted by atomic mass is 9.81. The number of likely N-dealkylation sites (tertiary alicyclic amines) is 1. The molecule has 1 aromatic carbocycles. The lowest BCUT2D eigenvalue weighted by molar-refractivity contribution is -0.0590. The number of aliphatic hydroxyl groups excluding tert-OH is 2. The molecule has 2 aliphatic heterocycles. The van der Waals surface area contributed by atoms with Crippen molar-refractivity contribution in [3.05, 3.63) is 29.5 Å². The molecule has 0 aliphatic carbocycles. The number of ether oxygens (including phenoxy) is 2. The fourth-order valence-corrected chi connectivity index (χ4v) is 4.41. The molecular weight excluding hydrogens is 466 g/mol. The molecule has 36 heavy (non-hydrogen) atoms. The van der Waals surface area contributed by atoms with Crippen LogP contribution in [0.5, 0.6) is 11.5 Å². The zero-order valence-corrected chi connectivity index (χ0v) is 20.0. The third kappa shape index (κ3) is 4.02. The number of carbonyl (C=O) groups is 1. The van der Waals surface area contributed by atoms with Gasteiger partial charge in [0.25, 0.3) is 5.91 Å². The molecule has 12 heteroatoms. The van der Waals surface area contributed by atoms with E-state index >= 15 is 0 Å². The van der Waals surface area contributed by atoms with Gasteiger partial charge in [0.05, 0.1) is 40.8 Å². The second kappa shape index (κ2) is 9.18. The van der Waals surface area contributed by atoms with Crippen molar-refractivity contribution in [3.63, 3.8) is 0 Å². The normalized spacial score (nSPS) is 15.9. The van der Waals surface area contributed by atoms with Crippen LogP contribution < -0.4 is 20.1 Å². The zero-order chi connectivity index (χ0) is 25.4. The average Bonchev–Trinajstić information content (AvgIpc) is 3.27. The van der Waals surface area contributed by atoms with Crippen molar-refractivity contribution in [1.82, 2.24) is 19.9 Å². The Balaban J connectivity index is 1.47. The number of fused-ring (bicyclic) bond motifs is 2. The van der Waals surface area contributed by atoms with Crippen LogP contribution in [0, 0.1) is 16.7 Å². The van der Waals surface area contributed by atoms with Crippen LogP contribution in [0.2, 0.25) is 0 Å². The van der Waals surface area contributed by atoms with Crippen molar-refractivity contribution in [2.24, 2.45) is 5.41 Å². The minimum atomic E-state index is -0.671. The predicted molar refractivity (Wildman–Crippen MR) is 131 cm³/mol. The summed E-state index contributed by atoms with van der Waals surface area (Å²) in [6.07, 6.45) is 1.59. The topological polar surface area (TPSA) is 169 Å². The number of aliphatic hydroxyl groups is 2. The van der Waals surface area contributed by atoms with Gasteiger partial charge in [-0.25, -0.2) is 0 Å². The number of aromatic nitrogens is 3. The third-order valence-corrected chi connectivity index (χ3v) is 6.25. The number of benzene rings is 1. The van der Waals surface area contributed by atoms with Gasteiger partial charge in [0, 0.05) is 25.3 Å². The Hall–Kier alpha value is -4.08. The highest BCUT2D eigenvalue weighted by atomic mass is 16.6. The number of hydrogen-bond donors (Lipinski definition) is 5. The van der Waals surface area contributed by atoms with Gasteiger partial charge in [0.15, 0.2) is 11.5 Å². The number of amides is 1. The molecule has 2 aliphatic rings. The van der Waals surface area contributed by atoms with Crippen LogP contribution in [0.3, 0.4) is 0 Å². The van der Waals surface area contributed by atoms with Crippen molar-refractivity contribution in [3.8, 4) is 17.6 Å². The molecule has 1 amide bonds. The summed E-state index contributed by atoms with van der Waals surface area (Å²) < 4.78 is 11.7. The first-order chi connectivity index (χ1) is 17.4. The van der Waals surface area contributed by atoms with Crippen molar-refractivity contribution in [2.75, 3.05) is 50.2 Å². The molecule has 5 N–H and O–H groups in total. The quantitative estimate of drug-likeness (QED) is 0.326. The first kappa shape index (κ1) is 23.7. The monoisotopic (exact) mass is 493 g/mol. The van der Waals surface area contributed by atoms with E-state index in [0.29, 0.717) is 51.8 Å². The smallest absolute Gasteiger partial charge is 0.257 e. The Bertz CT molecular complexity index is 1350. The van der Waals surface area contributed by atoms with Gasteiger partial charge >= 0.3 is 0 Å². The van der Waals surface area contributed by atoms with Crippen molar-refractivity contribution in [1.29, 1.82) is 5.26 Å². The largest absolute Gasteiger partial charge is 0.485 e. The number of hydrogen-bond acceptors (Lipinski definition) is 10. The number of H-pyrrole nitrogens is 1. The summed E-state index contributed by atoms with van der Waals surface area (Å²) in [6.45, 7) is 4.68. The first-order valence-corrected chi connectivity index (χ1v) is 11.6. The molecular formula is C24H27N7O5. The molecule has 0 atom stereocenters. The average molecular weight is 494 g/mol. The van der Waals surface area contributed by atoms with Crippen molar-refractivity contribution < 1.29 is 24.5 Å². The number of nitrogens with one attached hydrogen (secondary N) is 3. The Morgan fingerprint density at radius 3 is 2.61 bits per heavy atom. The highest BCUT2D eigenvalue weighted by Gasteiger charge is 2.45. The lowest BCUT2D eigenvalue weighted by Gasteiger charge is -2.48. The summed E-state index contributed by atoms with van der Waals surface area (Å²) in [5.41, 5.74) is 1.12. The Kier molecular flexibility index (Phi) is 6.03. The zero-order valence-electron chi connectivity index (χ0n) is 20.0. The molecule has 0 radical (unpaired) electrons. The van der Waals surface area contributed by atoms with Gasteiger partial charge < -0.3 is 40.2 Å². The molecule has 4 heterocycles. The van der Waals surface area contributed by atoms with Crippen LogP contribution in [0.25, 0.3) is 11.0 Å². The minimum Gasteiger partial charge on any atom is -0.485 e. The van der Waals surface area contributed by atoms with Gasteiger partial charge in [0.1, 0.15) is 30.7 Å². The number of nitriles is 1. The van der Waals surface area contributed by atoms with Crippen molar-refractivity contribution >= 4 is 34.4 Å². The third-order valence-electron chi connectivity index (χ3n) is 6.25. The predicted octanol–water partition coefficient (Wildman–Crippen LogP) is 1.59. The molecule has 12 nitrogen and oxygen atoms in total. The van der Waals surface area contributed by atoms with E-state index in [4.69, 9.17) is 9.47 Å². The van der Waals surface area contributed by atoms with E-state index in [1.54, 1.807) is 23.2 Å². The summed E-state index contributed by atoms with van der Waals surface area (Å²) in [5.74, 6) is 1.20. The summed E-state index contributed by atoms with van der Waals surface area (Å²) in [7, 11) is 0. The second-order valence-corrected chi connectivity index (χ2v) is 9.35. The van der Waals surface area contributed by atoms with E-state index < -0.39 is 5.41 Å². The van der Waals surface area contributed by atoms with Gasteiger partial charge in [-0.3, -0.25) is 4.79 Å². The standard InChI is InChI=1S/C24H27N7O5/c1-13(2)27-21-17-14(7-25)8-26-20(17)29-23(30-21)28-16-4-3-15(18-19(16)36-6-5-35-18)22(34)31-9-24(10-31,11-32)12-33/h3-4,8,13,32-33H,5-6,9-12H2,1-2H3,(H3,26,27,28,29,30). The first-order valence-electron chi connectivity index (χ1n) is 11.6. The Morgan fingerprint density at radius 2 is 1.94 bits per heavy atom. The van der Waals surface area contributed by atoms with Gasteiger partial charge in [-0.15, -0.1) is 0 Å². The SMILES string of the molecule is CC(C)Nc1nc(Nc2ccc(C(=O)N3CC(CO)(CO)C3)c3c2OCCO3)nc2[nH]cc(C#N)c12. The number of aromatic amines is 1. The number of nitrogens with zero attached hydrogens (tertiary/aromatic N) is 4. The van der Waals surface area contributed by atoms with Gasteiger partial charge in [-0.2, -0.15) is 15.2 Å². The molecule has 1 fully saturated rings. The molecule has 0 saturated carbocycles. The molecule has 5 rings (SSSR count). The Labute approximate surface area is 206 Å². The fraction of sp³-hybridized carbons (Fsp3) is 0.417. The van der Waals surface area contributed by atoms with E-state index in [2.05, 4.69) is 31.7 Å². The summed E-state index contributed by atoms with van der Waals surface area (Å²) in [6, 6.07) is 5.56. The highest BCUT2D eigenvalue weighted by Crippen LogP contribution is 2.43. The van der Waals surface area contributed by atoms with Gasteiger partial charge in [0.2, 0.25) is 5.95 Å². The minimum absolute atomic E-state index is 0.0732.